The number of halogens is 2. The van der Waals surface area contributed by atoms with E-state index in [4.69, 9.17) is 9.94 Å². The summed E-state index contributed by atoms with van der Waals surface area (Å²) in [5.41, 5.74) is 2.16. The Morgan fingerprint density at radius 3 is 2.48 bits per heavy atom. The predicted octanol–water partition coefficient (Wildman–Crippen LogP) is 2.67. The molecule has 6 nitrogen and oxygen atoms in total. The number of nitroso groups, excluding NO2 is 1. The molecule has 8 heteroatoms. The van der Waals surface area contributed by atoms with Crippen LogP contribution in [0.15, 0.2) is 42.5 Å². The minimum Gasteiger partial charge on any atom is -0.478 e. The van der Waals surface area contributed by atoms with Crippen LogP contribution in [0.25, 0.3) is 0 Å². The average molecular weight is 321 g/mol. The smallest absolute Gasteiger partial charge is 0.355 e. The highest BCUT2D eigenvalue weighted by Gasteiger charge is 2.47. The molecule has 1 aliphatic rings. The van der Waals surface area contributed by atoms with Gasteiger partial charge in [-0.1, -0.05) is 18.2 Å². The van der Waals surface area contributed by atoms with Crippen LogP contribution >= 0.6 is 0 Å². The second-order valence-electron chi connectivity index (χ2n) is 4.92. The lowest BCUT2D eigenvalue weighted by molar-refractivity contribution is -0.631. The van der Waals surface area contributed by atoms with Gasteiger partial charge in [-0.05, 0) is 24.3 Å². The Morgan fingerprint density at radius 1 is 1.17 bits per heavy atom. The lowest BCUT2D eigenvalue weighted by atomic mass is 10.1. The van der Waals surface area contributed by atoms with Crippen molar-refractivity contribution in [2.24, 2.45) is 0 Å². The first-order valence-electron chi connectivity index (χ1n) is 6.63. The number of nitrogens with zero attached hydrogens (tertiary/aromatic N) is 1. The lowest BCUT2D eigenvalue weighted by Crippen LogP contribution is -2.19. The first-order valence-corrected chi connectivity index (χ1v) is 6.63. The predicted molar refractivity (Wildman–Crippen MR) is 73.1 cm³/mol. The molecule has 2 aromatic carbocycles. The van der Waals surface area contributed by atoms with Gasteiger partial charge in [0.05, 0.1) is 10.3 Å². The number of hydroxylamine groups is 1. The van der Waals surface area contributed by atoms with Crippen molar-refractivity contribution >= 4 is 5.97 Å². The number of nitrogens with one attached hydrogen (secondary N) is 1. The van der Waals surface area contributed by atoms with Crippen LogP contribution in [0.3, 0.4) is 0 Å². The Balaban J connectivity index is 1.93. The van der Waals surface area contributed by atoms with Gasteiger partial charge in [0.1, 0.15) is 17.2 Å². The maximum Gasteiger partial charge on any atom is 0.355 e. The molecule has 2 N–H and O–H groups in total. The van der Waals surface area contributed by atoms with Crippen molar-refractivity contribution < 1.29 is 28.3 Å². The fraction of sp³-hybridized carbons (Fsp3) is 0.133. The van der Waals surface area contributed by atoms with Gasteiger partial charge in [-0.2, -0.15) is 0 Å². The molecule has 0 aliphatic carbocycles. The van der Waals surface area contributed by atoms with Crippen LogP contribution in [0.5, 0.6) is 0 Å². The third kappa shape index (κ3) is 2.69. The van der Waals surface area contributed by atoms with Crippen LogP contribution in [-0.4, -0.2) is 15.8 Å². The first-order chi connectivity index (χ1) is 11.0. The van der Waals surface area contributed by atoms with Crippen LogP contribution in [0.4, 0.5) is 8.78 Å². The minimum absolute atomic E-state index is 0.0155. The number of carboxylic acid groups (broad SMARTS) is 1. The number of hydrogen-bond acceptors (Lipinski definition) is 4. The summed E-state index contributed by atoms with van der Waals surface area (Å²) < 4.78 is 27.9. The molecule has 2 aromatic rings. The van der Waals surface area contributed by atoms with E-state index in [9.17, 15) is 18.5 Å². The summed E-state index contributed by atoms with van der Waals surface area (Å²) in [5, 5.41) is 8.98. The number of rotatable bonds is 3. The summed E-state index contributed by atoms with van der Waals surface area (Å²) in [6.45, 7) is 0. The maximum absolute atomic E-state index is 13.8. The second kappa shape index (κ2) is 5.82. The van der Waals surface area contributed by atoms with E-state index in [0.29, 0.717) is 10.3 Å². The Kier molecular flexibility index (Phi) is 3.85. The van der Waals surface area contributed by atoms with Crippen LogP contribution in [0.1, 0.15) is 33.9 Å². The van der Waals surface area contributed by atoms with Crippen LogP contribution in [0, 0.1) is 16.5 Å². The molecule has 1 saturated heterocycles. The lowest BCUT2D eigenvalue weighted by Gasteiger charge is -2.05. The molecule has 23 heavy (non-hydrogen) atoms. The number of benzene rings is 2. The number of carboxylic acids is 1. The van der Waals surface area contributed by atoms with E-state index >= 15 is 0 Å². The van der Waals surface area contributed by atoms with Crippen molar-refractivity contribution in [3.63, 3.8) is 0 Å². The summed E-state index contributed by atoms with van der Waals surface area (Å²) in [6, 6.07) is 8.85. The molecule has 0 amide bonds. The van der Waals surface area contributed by atoms with Crippen molar-refractivity contribution in [3.05, 3.63) is 75.7 Å². The van der Waals surface area contributed by atoms with Crippen molar-refractivity contribution in [1.29, 1.82) is 0 Å². The summed E-state index contributed by atoms with van der Waals surface area (Å²) in [4.78, 5) is 28.3. The molecule has 1 fully saturated rings. The zero-order valence-electron chi connectivity index (χ0n) is 11.6. The van der Waals surface area contributed by atoms with Crippen molar-refractivity contribution in [2.45, 2.75) is 12.4 Å². The van der Waals surface area contributed by atoms with Crippen molar-refractivity contribution in [2.75, 3.05) is 0 Å². The number of carbonyl (C=O) groups is 1. The van der Waals surface area contributed by atoms with E-state index in [1.165, 1.54) is 30.3 Å². The summed E-state index contributed by atoms with van der Waals surface area (Å²) in [5.74, 6) is -2.96. The molecular formula is C15H11F2N2O4+. The molecule has 2 atom stereocenters. The van der Waals surface area contributed by atoms with Crippen LogP contribution < -0.4 is 5.48 Å². The standard InChI is InChI=1S/C15H10F2N2O4/c16-10-5-2-6-11(17)12(10)14-19(22)13(18-23-14)8-3-1-4-9(7-8)15(20)21/h1-7,13-14,18H/p+1. The molecule has 0 aromatic heterocycles. The Hall–Kier alpha value is -2.71. The van der Waals surface area contributed by atoms with Crippen molar-refractivity contribution in [1.82, 2.24) is 5.48 Å². The zero-order valence-corrected chi connectivity index (χ0v) is 11.6. The summed E-state index contributed by atoms with van der Waals surface area (Å²) in [7, 11) is 0. The van der Waals surface area contributed by atoms with Gasteiger partial charge in [0, 0.05) is 10.5 Å². The first kappa shape index (κ1) is 15.2. The molecule has 1 heterocycles. The average Bonchev–Trinajstić information content (AvgIpc) is 2.89. The van der Waals surface area contributed by atoms with Crippen LogP contribution in [0.2, 0.25) is 0 Å². The highest BCUT2D eigenvalue weighted by atomic mass is 19.1. The largest absolute Gasteiger partial charge is 0.478 e. The van der Waals surface area contributed by atoms with E-state index in [-0.39, 0.29) is 5.56 Å². The molecule has 0 radical (unpaired) electrons. The van der Waals surface area contributed by atoms with Gasteiger partial charge >= 0.3 is 18.4 Å². The van der Waals surface area contributed by atoms with E-state index in [2.05, 4.69) is 5.48 Å². The van der Waals surface area contributed by atoms with Crippen LogP contribution in [-0.2, 0) is 4.84 Å². The van der Waals surface area contributed by atoms with E-state index in [0.717, 1.165) is 12.1 Å². The molecule has 0 bridgehead atoms. The Labute approximate surface area is 128 Å². The molecular weight excluding hydrogens is 310 g/mol. The third-order valence-corrected chi connectivity index (χ3v) is 3.47. The minimum atomic E-state index is -1.52. The van der Waals surface area contributed by atoms with Crippen molar-refractivity contribution in [3.8, 4) is 0 Å². The second-order valence-corrected chi connectivity index (χ2v) is 4.92. The van der Waals surface area contributed by atoms with Gasteiger partial charge in [0.25, 0.3) is 0 Å². The summed E-state index contributed by atoms with van der Waals surface area (Å²) in [6.07, 6.45) is -2.60. The fourth-order valence-corrected chi connectivity index (χ4v) is 2.36. The fourth-order valence-electron chi connectivity index (χ4n) is 2.36. The van der Waals surface area contributed by atoms with Gasteiger partial charge in [-0.25, -0.2) is 18.4 Å². The van der Waals surface area contributed by atoms with E-state index < -0.39 is 35.6 Å². The van der Waals surface area contributed by atoms with Gasteiger partial charge < -0.3 is 5.11 Å². The van der Waals surface area contributed by atoms with Gasteiger partial charge in [-0.15, -0.1) is 5.48 Å². The molecule has 0 saturated carbocycles. The maximum atomic E-state index is 13.8. The molecule has 118 valence electrons. The topological polar surface area (TPSA) is 78.6 Å². The normalized spacial score (nSPS) is 20.7. The van der Waals surface area contributed by atoms with E-state index in [1.807, 2.05) is 0 Å². The molecule has 2 unspecified atom stereocenters. The molecule has 0 spiro atoms. The highest BCUT2D eigenvalue weighted by molar-refractivity contribution is 5.87. The van der Waals surface area contributed by atoms with E-state index in [1.54, 1.807) is 0 Å². The van der Waals surface area contributed by atoms with Gasteiger partial charge in [0.15, 0.2) is 0 Å². The zero-order chi connectivity index (χ0) is 16.6. The monoisotopic (exact) mass is 321 g/mol. The Morgan fingerprint density at radius 2 is 1.83 bits per heavy atom. The number of hydrogen-bond donors (Lipinski definition) is 2. The highest BCUT2D eigenvalue weighted by Crippen LogP contribution is 2.33. The summed E-state index contributed by atoms with van der Waals surface area (Å²) >= 11 is 0. The Bertz CT molecular complexity index is 777. The van der Waals surface area contributed by atoms with Gasteiger partial charge in [-0.3, -0.25) is 0 Å². The SMILES string of the molecule is O=C(O)c1cccc(C2NOC(c3c(F)cccc3F)[N+]2=O)c1. The number of aromatic carboxylic acids is 1. The quantitative estimate of drug-likeness (QED) is 0.850. The third-order valence-electron chi connectivity index (χ3n) is 3.47. The molecule has 1 aliphatic heterocycles. The molecule has 3 rings (SSSR count). The van der Waals surface area contributed by atoms with Gasteiger partial charge in [0.2, 0.25) is 0 Å².